The number of fused-ring (bicyclic) bond motifs is 1. The van der Waals surface area contributed by atoms with E-state index >= 15 is 0 Å². The fraction of sp³-hybridized carbons (Fsp3) is 0.188. The molecule has 21 heavy (non-hydrogen) atoms. The fourth-order valence-electron chi connectivity index (χ4n) is 2.26. The van der Waals surface area contributed by atoms with E-state index < -0.39 is 0 Å². The van der Waals surface area contributed by atoms with Gasteiger partial charge in [-0.25, -0.2) is 0 Å². The monoisotopic (exact) mass is 346 g/mol. The number of ether oxygens (including phenoxy) is 1. The van der Waals surface area contributed by atoms with Crippen LogP contribution in [0.2, 0.25) is 0 Å². The summed E-state index contributed by atoms with van der Waals surface area (Å²) in [6.45, 7) is 1.12. The van der Waals surface area contributed by atoms with Crippen molar-refractivity contribution in [2.45, 2.75) is 13.2 Å². The molecule has 4 nitrogen and oxygen atoms in total. The van der Waals surface area contributed by atoms with Crippen molar-refractivity contribution >= 4 is 26.9 Å². The van der Waals surface area contributed by atoms with Crippen LogP contribution in [0, 0.1) is 0 Å². The standard InChI is InChI=1S/C16H15BrN2O2/c1-18-9-14-13-4-2-3-5-15(13)21-16(14)10-20-12-6-11(17)7-19-8-12/h2-8,18H,9-10H2,1H3. The number of nitrogens with one attached hydrogen (secondary N) is 1. The molecule has 0 aliphatic rings. The Morgan fingerprint density at radius 1 is 1.29 bits per heavy atom. The summed E-state index contributed by atoms with van der Waals surface area (Å²) in [6.07, 6.45) is 3.41. The van der Waals surface area contributed by atoms with Gasteiger partial charge in [-0.1, -0.05) is 18.2 Å². The van der Waals surface area contributed by atoms with Gasteiger partial charge in [-0.3, -0.25) is 4.98 Å². The maximum absolute atomic E-state index is 5.91. The van der Waals surface area contributed by atoms with Crippen LogP contribution < -0.4 is 10.1 Å². The zero-order valence-electron chi connectivity index (χ0n) is 11.6. The summed E-state index contributed by atoms with van der Waals surface area (Å²) in [4.78, 5) is 4.08. The van der Waals surface area contributed by atoms with E-state index in [9.17, 15) is 0 Å². The third kappa shape index (κ3) is 3.09. The number of para-hydroxylation sites is 1. The van der Waals surface area contributed by atoms with Gasteiger partial charge in [0.1, 0.15) is 23.7 Å². The Kier molecular flexibility index (Phi) is 4.22. The third-order valence-corrected chi connectivity index (χ3v) is 3.62. The number of nitrogens with zero attached hydrogens (tertiary/aromatic N) is 1. The molecule has 0 radical (unpaired) electrons. The average Bonchev–Trinajstić information content (AvgIpc) is 2.84. The molecular formula is C16H15BrN2O2. The van der Waals surface area contributed by atoms with Gasteiger partial charge in [0.25, 0.3) is 0 Å². The molecular weight excluding hydrogens is 332 g/mol. The van der Waals surface area contributed by atoms with E-state index in [1.54, 1.807) is 12.4 Å². The van der Waals surface area contributed by atoms with Crippen LogP contribution in [0.5, 0.6) is 5.75 Å². The van der Waals surface area contributed by atoms with Crippen LogP contribution in [0.25, 0.3) is 11.0 Å². The van der Waals surface area contributed by atoms with Gasteiger partial charge in [-0.15, -0.1) is 0 Å². The van der Waals surface area contributed by atoms with Crippen LogP contribution in [0.4, 0.5) is 0 Å². The van der Waals surface area contributed by atoms with E-state index in [0.29, 0.717) is 12.4 Å². The molecule has 2 aromatic heterocycles. The zero-order chi connectivity index (χ0) is 14.7. The Bertz CT molecular complexity index is 755. The van der Waals surface area contributed by atoms with Gasteiger partial charge < -0.3 is 14.5 Å². The number of rotatable bonds is 5. The van der Waals surface area contributed by atoms with Crippen molar-refractivity contribution in [1.82, 2.24) is 10.3 Å². The van der Waals surface area contributed by atoms with Crippen molar-refractivity contribution in [1.29, 1.82) is 0 Å². The smallest absolute Gasteiger partial charge is 0.147 e. The normalized spacial score (nSPS) is 11.0. The number of hydrogen-bond donors (Lipinski definition) is 1. The second kappa shape index (κ2) is 6.28. The van der Waals surface area contributed by atoms with Gasteiger partial charge >= 0.3 is 0 Å². The Balaban J connectivity index is 1.87. The van der Waals surface area contributed by atoms with Gasteiger partial charge in [-0.2, -0.15) is 0 Å². The molecule has 108 valence electrons. The number of pyridine rings is 1. The van der Waals surface area contributed by atoms with Crippen molar-refractivity contribution in [2.75, 3.05) is 7.05 Å². The summed E-state index contributed by atoms with van der Waals surface area (Å²) in [5, 5.41) is 4.30. The molecule has 2 heterocycles. The van der Waals surface area contributed by atoms with E-state index in [1.807, 2.05) is 31.3 Å². The lowest BCUT2D eigenvalue weighted by Gasteiger charge is -2.06. The Hall–Kier alpha value is -1.85. The van der Waals surface area contributed by atoms with Crippen molar-refractivity contribution in [3.63, 3.8) is 0 Å². The van der Waals surface area contributed by atoms with Crippen LogP contribution in [-0.2, 0) is 13.2 Å². The lowest BCUT2D eigenvalue weighted by molar-refractivity contribution is 0.271. The predicted molar refractivity (Wildman–Crippen MR) is 85.2 cm³/mol. The SMILES string of the molecule is CNCc1c(COc2cncc(Br)c2)oc2ccccc12. The molecule has 0 saturated heterocycles. The molecule has 0 amide bonds. The second-order valence-electron chi connectivity index (χ2n) is 4.66. The summed E-state index contributed by atoms with van der Waals surface area (Å²) in [5.41, 5.74) is 2.02. The lowest BCUT2D eigenvalue weighted by Crippen LogP contribution is -2.07. The maximum atomic E-state index is 5.91. The minimum Gasteiger partial charge on any atom is -0.484 e. The Morgan fingerprint density at radius 2 is 2.14 bits per heavy atom. The van der Waals surface area contributed by atoms with E-state index in [-0.39, 0.29) is 0 Å². The molecule has 3 rings (SSSR count). The van der Waals surface area contributed by atoms with E-state index in [0.717, 1.165) is 33.3 Å². The van der Waals surface area contributed by atoms with Crippen LogP contribution in [0.15, 0.2) is 51.6 Å². The van der Waals surface area contributed by atoms with Gasteiger partial charge in [0.05, 0.1) is 6.20 Å². The van der Waals surface area contributed by atoms with Gasteiger partial charge in [-0.05, 0) is 35.1 Å². The number of hydrogen-bond acceptors (Lipinski definition) is 4. The van der Waals surface area contributed by atoms with E-state index in [1.165, 1.54) is 0 Å². The highest BCUT2D eigenvalue weighted by molar-refractivity contribution is 9.10. The molecule has 1 aromatic carbocycles. The number of furan rings is 1. The molecule has 1 N–H and O–H groups in total. The summed E-state index contributed by atoms with van der Waals surface area (Å²) >= 11 is 3.38. The molecule has 0 atom stereocenters. The minimum atomic E-state index is 0.379. The predicted octanol–water partition coefficient (Wildman–Crippen LogP) is 3.89. The first kappa shape index (κ1) is 14.1. The Labute approximate surface area is 131 Å². The van der Waals surface area contributed by atoms with E-state index in [2.05, 4.69) is 32.3 Å². The van der Waals surface area contributed by atoms with Gasteiger partial charge in [0.2, 0.25) is 0 Å². The first-order valence-electron chi connectivity index (χ1n) is 6.65. The molecule has 0 saturated carbocycles. The number of benzene rings is 1. The molecule has 0 aliphatic carbocycles. The second-order valence-corrected chi connectivity index (χ2v) is 5.57. The zero-order valence-corrected chi connectivity index (χ0v) is 13.2. The highest BCUT2D eigenvalue weighted by Crippen LogP contribution is 2.27. The summed E-state index contributed by atoms with van der Waals surface area (Å²) in [6, 6.07) is 9.90. The van der Waals surface area contributed by atoms with Crippen LogP contribution in [0.1, 0.15) is 11.3 Å². The van der Waals surface area contributed by atoms with Crippen LogP contribution in [0.3, 0.4) is 0 Å². The minimum absolute atomic E-state index is 0.379. The van der Waals surface area contributed by atoms with Crippen molar-refractivity contribution < 1.29 is 9.15 Å². The number of aromatic nitrogens is 1. The molecule has 0 aliphatic heterocycles. The third-order valence-electron chi connectivity index (χ3n) is 3.19. The fourth-order valence-corrected chi connectivity index (χ4v) is 2.60. The first-order chi connectivity index (χ1) is 10.3. The van der Waals surface area contributed by atoms with Crippen LogP contribution in [-0.4, -0.2) is 12.0 Å². The Morgan fingerprint density at radius 3 is 2.95 bits per heavy atom. The van der Waals surface area contributed by atoms with Gasteiger partial charge in [0.15, 0.2) is 0 Å². The molecule has 3 aromatic rings. The molecule has 5 heteroatoms. The van der Waals surface area contributed by atoms with Crippen LogP contribution >= 0.6 is 15.9 Å². The van der Waals surface area contributed by atoms with Crippen molar-refractivity contribution in [2.24, 2.45) is 0 Å². The first-order valence-corrected chi connectivity index (χ1v) is 7.44. The van der Waals surface area contributed by atoms with E-state index in [4.69, 9.17) is 9.15 Å². The summed E-state index contributed by atoms with van der Waals surface area (Å²) in [7, 11) is 1.92. The van der Waals surface area contributed by atoms with Gasteiger partial charge in [0, 0.05) is 28.2 Å². The largest absolute Gasteiger partial charge is 0.484 e. The lowest BCUT2D eigenvalue weighted by atomic mass is 10.1. The highest BCUT2D eigenvalue weighted by atomic mass is 79.9. The topological polar surface area (TPSA) is 47.3 Å². The molecule has 0 spiro atoms. The summed E-state index contributed by atoms with van der Waals surface area (Å²) < 4.78 is 12.6. The highest BCUT2D eigenvalue weighted by Gasteiger charge is 2.13. The average molecular weight is 347 g/mol. The molecule has 0 fully saturated rings. The number of halogens is 1. The molecule has 0 bridgehead atoms. The van der Waals surface area contributed by atoms with Crippen molar-refractivity contribution in [3.8, 4) is 5.75 Å². The quantitative estimate of drug-likeness (QED) is 0.761. The maximum Gasteiger partial charge on any atom is 0.147 e. The summed E-state index contributed by atoms with van der Waals surface area (Å²) in [5.74, 6) is 1.55. The van der Waals surface area contributed by atoms with Crippen molar-refractivity contribution in [3.05, 3.63) is 58.5 Å². The molecule has 0 unspecified atom stereocenters.